The topological polar surface area (TPSA) is 36.0 Å². The van der Waals surface area contributed by atoms with Gasteiger partial charge in [-0.3, -0.25) is 0 Å². The molecule has 1 aromatic rings. The summed E-state index contributed by atoms with van der Waals surface area (Å²) in [4.78, 5) is 2.92. The molecule has 0 spiro atoms. The number of aliphatic hydroxyl groups excluding tert-OH is 1. The van der Waals surface area contributed by atoms with Gasteiger partial charge < -0.3 is 10.1 Å². The molecule has 1 rings (SSSR count). The van der Waals surface area contributed by atoms with Crippen molar-refractivity contribution in [3.63, 3.8) is 0 Å². The van der Waals surface area contributed by atoms with Crippen LogP contribution in [0, 0.1) is 0 Å². The van der Waals surface area contributed by atoms with Crippen molar-refractivity contribution < 1.29 is 5.11 Å². The molecule has 2 nitrogen and oxygen atoms in total. The highest BCUT2D eigenvalue weighted by Gasteiger charge is 1.96. The van der Waals surface area contributed by atoms with Gasteiger partial charge >= 0.3 is 0 Å². The Morgan fingerprint density at radius 1 is 1.78 bits per heavy atom. The van der Waals surface area contributed by atoms with Gasteiger partial charge in [0.1, 0.15) is 0 Å². The zero-order chi connectivity index (χ0) is 6.69. The molecule has 1 unspecified atom stereocenters. The minimum absolute atomic E-state index is 0.235. The Bertz CT molecular complexity index is 155. The van der Waals surface area contributed by atoms with Crippen LogP contribution in [0.1, 0.15) is 12.5 Å². The lowest BCUT2D eigenvalue weighted by Crippen LogP contribution is -2.02. The third kappa shape index (κ3) is 1.90. The molecule has 0 aliphatic rings. The van der Waals surface area contributed by atoms with Gasteiger partial charge in [-0.2, -0.15) is 0 Å². The van der Waals surface area contributed by atoms with Crippen molar-refractivity contribution in [2.75, 3.05) is 0 Å². The third-order valence-corrected chi connectivity index (χ3v) is 1.19. The molecule has 0 amide bonds. The Morgan fingerprint density at radius 2 is 2.56 bits per heavy atom. The fourth-order valence-corrected chi connectivity index (χ4v) is 0.826. The molecule has 0 saturated carbocycles. The van der Waals surface area contributed by atoms with Gasteiger partial charge in [0.15, 0.2) is 0 Å². The van der Waals surface area contributed by atoms with Crippen molar-refractivity contribution >= 4 is 0 Å². The minimum atomic E-state index is -0.235. The molecule has 0 aliphatic heterocycles. The second kappa shape index (κ2) is 2.69. The van der Waals surface area contributed by atoms with Crippen LogP contribution in [0.4, 0.5) is 0 Å². The Hall–Kier alpha value is -0.760. The van der Waals surface area contributed by atoms with E-state index in [1.165, 1.54) is 0 Å². The Labute approximate surface area is 54.5 Å². The summed E-state index contributed by atoms with van der Waals surface area (Å²) in [7, 11) is 0. The smallest absolute Gasteiger partial charge is 0.0553 e. The van der Waals surface area contributed by atoms with E-state index in [0.717, 1.165) is 12.0 Å². The first-order valence-corrected chi connectivity index (χ1v) is 3.09. The zero-order valence-corrected chi connectivity index (χ0v) is 5.46. The minimum Gasteiger partial charge on any atom is -0.393 e. The Balaban J connectivity index is 2.48. The van der Waals surface area contributed by atoms with Crippen molar-refractivity contribution in [2.24, 2.45) is 0 Å². The van der Waals surface area contributed by atoms with Gasteiger partial charge in [-0.25, -0.2) is 0 Å². The maximum atomic E-state index is 8.91. The Kier molecular flexibility index (Phi) is 1.90. The molecule has 2 N–H and O–H groups in total. The van der Waals surface area contributed by atoms with E-state index in [-0.39, 0.29) is 6.10 Å². The van der Waals surface area contributed by atoms with Gasteiger partial charge in [-0.05, 0) is 25.0 Å². The van der Waals surface area contributed by atoms with Crippen LogP contribution in [-0.4, -0.2) is 16.2 Å². The molecule has 0 radical (unpaired) electrons. The molecule has 2 heteroatoms. The number of hydrogen-bond donors (Lipinski definition) is 2. The lowest BCUT2D eigenvalue weighted by Gasteiger charge is -1.98. The average Bonchev–Trinajstić information content (AvgIpc) is 2.15. The van der Waals surface area contributed by atoms with Crippen LogP contribution in [0.2, 0.25) is 0 Å². The van der Waals surface area contributed by atoms with Gasteiger partial charge in [0, 0.05) is 12.4 Å². The van der Waals surface area contributed by atoms with Crippen molar-refractivity contribution in [3.05, 3.63) is 24.0 Å². The van der Waals surface area contributed by atoms with Crippen LogP contribution in [0.15, 0.2) is 18.5 Å². The van der Waals surface area contributed by atoms with E-state index in [1.807, 2.05) is 18.5 Å². The van der Waals surface area contributed by atoms with E-state index in [0.29, 0.717) is 0 Å². The molecule has 9 heavy (non-hydrogen) atoms. The summed E-state index contributed by atoms with van der Waals surface area (Å²) >= 11 is 0. The lowest BCUT2D eigenvalue weighted by molar-refractivity contribution is 0.195. The van der Waals surface area contributed by atoms with Crippen LogP contribution in [0.3, 0.4) is 0 Å². The summed E-state index contributed by atoms with van der Waals surface area (Å²) in [6.07, 6.45) is 4.26. The van der Waals surface area contributed by atoms with Gasteiger partial charge in [0.2, 0.25) is 0 Å². The highest BCUT2D eigenvalue weighted by molar-refractivity contribution is 5.08. The number of aromatic amines is 1. The molecule has 0 bridgehead atoms. The predicted molar refractivity (Wildman–Crippen MR) is 36.2 cm³/mol. The number of rotatable bonds is 2. The van der Waals surface area contributed by atoms with Crippen LogP contribution < -0.4 is 0 Å². The quantitative estimate of drug-likeness (QED) is 0.606. The summed E-state index contributed by atoms with van der Waals surface area (Å²) in [5, 5.41) is 8.91. The summed E-state index contributed by atoms with van der Waals surface area (Å²) < 4.78 is 0. The summed E-state index contributed by atoms with van der Waals surface area (Å²) in [5.74, 6) is 0. The highest BCUT2D eigenvalue weighted by Crippen LogP contribution is 1.99. The van der Waals surface area contributed by atoms with Crippen LogP contribution in [-0.2, 0) is 6.42 Å². The fourth-order valence-electron chi connectivity index (χ4n) is 0.826. The lowest BCUT2D eigenvalue weighted by atomic mass is 10.2. The van der Waals surface area contributed by atoms with Gasteiger partial charge in [-0.15, -0.1) is 0 Å². The third-order valence-electron chi connectivity index (χ3n) is 1.19. The number of H-pyrrole nitrogens is 1. The van der Waals surface area contributed by atoms with Crippen molar-refractivity contribution in [1.29, 1.82) is 0 Å². The summed E-state index contributed by atoms with van der Waals surface area (Å²) in [6.45, 7) is 1.78. The SMILES string of the molecule is CC(O)Cc1cc[nH]c1. The molecule has 1 aromatic heterocycles. The van der Waals surface area contributed by atoms with E-state index < -0.39 is 0 Å². The van der Waals surface area contributed by atoms with E-state index in [2.05, 4.69) is 4.98 Å². The maximum Gasteiger partial charge on any atom is 0.0553 e. The second-order valence-corrected chi connectivity index (χ2v) is 2.27. The molecule has 1 atom stereocenters. The Morgan fingerprint density at radius 3 is 3.00 bits per heavy atom. The molecule has 0 fully saturated rings. The van der Waals surface area contributed by atoms with Gasteiger partial charge in [-0.1, -0.05) is 0 Å². The first-order valence-electron chi connectivity index (χ1n) is 3.09. The van der Waals surface area contributed by atoms with E-state index in [1.54, 1.807) is 6.92 Å². The fraction of sp³-hybridized carbons (Fsp3) is 0.429. The number of hydrogen-bond acceptors (Lipinski definition) is 1. The van der Waals surface area contributed by atoms with E-state index in [4.69, 9.17) is 5.11 Å². The summed E-state index contributed by atoms with van der Waals surface area (Å²) in [5.41, 5.74) is 1.16. The average molecular weight is 125 g/mol. The molecule has 1 heterocycles. The van der Waals surface area contributed by atoms with Crippen LogP contribution >= 0.6 is 0 Å². The number of aliphatic hydroxyl groups is 1. The van der Waals surface area contributed by atoms with Crippen LogP contribution in [0.5, 0.6) is 0 Å². The molecule has 0 aromatic carbocycles. The maximum absolute atomic E-state index is 8.91. The zero-order valence-electron chi connectivity index (χ0n) is 5.46. The first kappa shape index (κ1) is 6.36. The monoisotopic (exact) mass is 125 g/mol. The molecule has 0 saturated heterocycles. The molecule has 50 valence electrons. The van der Waals surface area contributed by atoms with Crippen LogP contribution in [0.25, 0.3) is 0 Å². The predicted octanol–water partition coefficient (Wildman–Crippen LogP) is 0.938. The second-order valence-electron chi connectivity index (χ2n) is 2.27. The van der Waals surface area contributed by atoms with Crippen molar-refractivity contribution in [2.45, 2.75) is 19.4 Å². The molecular formula is C7H11NO. The van der Waals surface area contributed by atoms with Gasteiger partial charge in [0.05, 0.1) is 6.10 Å². The normalized spacial score (nSPS) is 13.6. The van der Waals surface area contributed by atoms with Crippen molar-refractivity contribution in [3.8, 4) is 0 Å². The largest absolute Gasteiger partial charge is 0.393 e. The summed E-state index contributed by atoms with van der Waals surface area (Å²) in [6, 6.07) is 1.96. The highest BCUT2D eigenvalue weighted by atomic mass is 16.3. The molecular weight excluding hydrogens is 114 g/mol. The first-order chi connectivity index (χ1) is 4.29. The number of aromatic nitrogens is 1. The molecule has 0 aliphatic carbocycles. The number of nitrogens with one attached hydrogen (secondary N) is 1. The van der Waals surface area contributed by atoms with E-state index in [9.17, 15) is 0 Å². The van der Waals surface area contributed by atoms with Gasteiger partial charge in [0.25, 0.3) is 0 Å². The van der Waals surface area contributed by atoms with E-state index >= 15 is 0 Å². The standard InChI is InChI=1S/C7H11NO/c1-6(9)4-7-2-3-8-5-7/h2-3,5-6,8-9H,4H2,1H3. The van der Waals surface area contributed by atoms with Crippen molar-refractivity contribution in [1.82, 2.24) is 4.98 Å².